The monoisotopic (exact) mass is 243 g/mol. The molecular weight excluding hydrogens is 226 g/mol. The van der Waals surface area contributed by atoms with Crippen molar-refractivity contribution < 1.29 is 9.53 Å². The molecule has 0 spiro atoms. The first-order valence-corrected chi connectivity index (χ1v) is 5.93. The van der Waals surface area contributed by atoms with Gasteiger partial charge in [0, 0.05) is 13.2 Å². The van der Waals surface area contributed by atoms with E-state index in [0.29, 0.717) is 5.69 Å². The molecule has 2 rings (SSSR count). The van der Waals surface area contributed by atoms with Gasteiger partial charge in [-0.2, -0.15) is 0 Å². The minimum atomic E-state index is -0.0107. The number of hydrogen-bond donors (Lipinski definition) is 0. The lowest BCUT2D eigenvalue weighted by molar-refractivity contribution is 0.0913. The minimum Gasteiger partial charge on any atom is -0.485 e. The number of aromatic nitrogens is 1. The molecule has 0 aliphatic rings. The Bertz CT molecular complexity index is 570. The molecule has 3 heteroatoms. The highest BCUT2D eigenvalue weighted by molar-refractivity contribution is 5.95. The number of hydrogen-bond acceptors (Lipinski definition) is 2. The van der Waals surface area contributed by atoms with Crippen LogP contribution in [0.2, 0.25) is 0 Å². The number of Topliss-reactive ketones (excluding diaryl/α,β-unsaturated/α-hetero) is 1. The summed E-state index contributed by atoms with van der Waals surface area (Å²) in [4.78, 5) is 12.0. The number of ether oxygens (including phenoxy) is 1. The minimum absolute atomic E-state index is 0.0107. The summed E-state index contributed by atoms with van der Waals surface area (Å²) >= 11 is 0. The number of carbonyl (C=O) groups excluding carboxylic acids is 1. The van der Waals surface area contributed by atoms with E-state index in [9.17, 15) is 4.79 Å². The van der Waals surface area contributed by atoms with Crippen molar-refractivity contribution in [3.63, 3.8) is 0 Å². The van der Waals surface area contributed by atoms with Crippen LogP contribution in [0.4, 0.5) is 0 Å². The topological polar surface area (TPSA) is 31.2 Å². The molecule has 0 aliphatic carbocycles. The van der Waals surface area contributed by atoms with E-state index < -0.39 is 0 Å². The summed E-state index contributed by atoms with van der Waals surface area (Å²) in [6.07, 6.45) is 1.85. The van der Waals surface area contributed by atoms with Crippen molar-refractivity contribution >= 4 is 5.78 Å². The third-order valence-electron chi connectivity index (χ3n) is 3.14. The van der Waals surface area contributed by atoms with Gasteiger partial charge < -0.3 is 9.30 Å². The maximum atomic E-state index is 12.0. The molecular formula is C15H17NO2. The van der Waals surface area contributed by atoms with Crippen molar-refractivity contribution in [2.75, 3.05) is 6.61 Å². The van der Waals surface area contributed by atoms with E-state index in [1.807, 2.05) is 51.4 Å². The lowest BCUT2D eigenvalue weighted by atomic mass is 10.1. The van der Waals surface area contributed by atoms with Crippen molar-refractivity contribution in [3.8, 4) is 5.75 Å². The lowest BCUT2D eigenvalue weighted by Gasteiger charge is -2.10. The number of rotatable bonds is 4. The van der Waals surface area contributed by atoms with Crippen LogP contribution in [-0.4, -0.2) is 17.0 Å². The first-order valence-electron chi connectivity index (χ1n) is 5.93. The molecule has 0 aliphatic heterocycles. The zero-order valence-electron chi connectivity index (χ0n) is 10.9. The molecule has 18 heavy (non-hydrogen) atoms. The quantitative estimate of drug-likeness (QED) is 0.773. The van der Waals surface area contributed by atoms with Gasteiger partial charge in [-0.15, -0.1) is 0 Å². The average Bonchev–Trinajstić information content (AvgIpc) is 2.77. The predicted molar refractivity (Wildman–Crippen MR) is 71.2 cm³/mol. The summed E-state index contributed by atoms with van der Waals surface area (Å²) in [6.45, 7) is 4.10. The van der Waals surface area contributed by atoms with Crippen molar-refractivity contribution in [3.05, 3.63) is 53.3 Å². The molecule has 94 valence electrons. The van der Waals surface area contributed by atoms with Crippen molar-refractivity contribution in [2.45, 2.75) is 13.8 Å². The van der Waals surface area contributed by atoms with Gasteiger partial charge in [0.2, 0.25) is 5.78 Å². The van der Waals surface area contributed by atoms with E-state index in [2.05, 4.69) is 0 Å². The van der Waals surface area contributed by atoms with Crippen molar-refractivity contribution in [1.82, 2.24) is 4.57 Å². The summed E-state index contributed by atoms with van der Waals surface area (Å²) in [6, 6.07) is 9.51. The standard InChI is InChI=1S/C15H17NO2/c1-11-6-4-8-15(12(11)2)18-10-14(17)13-7-5-9-16(13)3/h4-9H,10H2,1-3H3. The first-order chi connectivity index (χ1) is 8.59. The molecule has 0 amide bonds. The van der Waals surface area contributed by atoms with Crippen LogP contribution in [-0.2, 0) is 7.05 Å². The molecule has 1 aromatic carbocycles. The zero-order chi connectivity index (χ0) is 13.1. The second-order valence-corrected chi connectivity index (χ2v) is 4.41. The van der Waals surface area contributed by atoms with E-state index in [1.54, 1.807) is 10.6 Å². The van der Waals surface area contributed by atoms with Crippen LogP contribution >= 0.6 is 0 Å². The van der Waals surface area contributed by atoms with E-state index in [0.717, 1.165) is 11.3 Å². The molecule has 0 unspecified atom stereocenters. The van der Waals surface area contributed by atoms with E-state index >= 15 is 0 Å². The van der Waals surface area contributed by atoms with E-state index in [1.165, 1.54) is 5.56 Å². The molecule has 3 nitrogen and oxygen atoms in total. The number of aryl methyl sites for hydroxylation is 2. The van der Waals surface area contributed by atoms with Gasteiger partial charge in [0.15, 0.2) is 6.61 Å². The van der Waals surface area contributed by atoms with Gasteiger partial charge in [0.25, 0.3) is 0 Å². The number of nitrogens with zero attached hydrogens (tertiary/aromatic N) is 1. The first kappa shape index (κ1) is 12.4. The molecule has 0 saturated heterocycles. The van der Waals surface area contributed by atoms with Crippen molar-refractivity contribution in [1.29, 1.82) is 0 Å². The second kappa shape index (κ2) is 5.08. The van der Waals surface area contributed by atoms with Crippen LogP contribution in [0.25, 0.3) is 0 Å². The van der Waals surface area contributed by atoms with Gasteiger partial charge in [-0.05, 0) is 43.2 Å². The fraction of sp³-hybridized carbons (Fsp3) is 0.267. The van der Waals surface area contributed by atoms with E-state index in [4.69, 9.17) is 4.74 Å². The average molecular weight is 243 g/mol. The fourth-order valence-corrected chi connectivity index (χ4v) is 1.85. The number of benzene rings is 1. The Balaban J connectivity index is 2.06. The summed E-state index contributed by atoms with van der Waals surface area (Å²) < 4.78 is 7.40. The Kier molecular flexibility index (Phi) is 3.51. The lowest BCUT2D eigenvalue weighted by Crippen LogP contribution is -2.15. The van der Waals surface area contributed by atoms with Crippen LogP contribution in [0.5, 0.6) is 5.75 Å². The zero-order valence-corrected chi connectivity index (χ0v) is 10.9. The summed E-state index contributed by atoms with van der Waals surface area (Å²) in [5.74, 6) is 0.765. The molecule has 1 aromatic heterocycles. The summed E-state index contributed by atoms with van der Waals surface area (Å²) in [7, 11) is 1.85. The Morgan fingerprint density at radius 1 is 1.22 bits per heavy atom. The van der Waals surface area contributed by atoms with Crippen LogP contribution in [0.3, 0.4) is 0 Å². The molecule has 0 radical (unpaired) electrons. The van der Waals surface area contributed by atoms with Gasteiger partial charge in [-0.3, -0.25) is 4.79 Å². The highest BCUT2D eigenvalue weighted by Crippen LogP contribution is 2.20. The van der Waals surface area contributed by atoms with Crippen molar-refractivity contribution in [2.24, 2.45) is 7.05 Å². The van der Waals surface area contributed by atoms with Gasteiger partial charge >= 0.3 is 0 Å². The summed E-state index contributed by atoms with van der Waals surface area (Å²) in [5, 5.41) is 0. The molecule has 0 fully saturated rings. The SMILES string of the molecule is Cc1cccc(OCC(=O)c2cccn2C)c1C. The Labute approximate surface area is 107 Å². The van der Waals surface area contributed by atoms with Gasteiger partial charge in [0.1, 0.15) is 5.75 Å². The van der Waals surface area contributed by atoms with Crippen LogP contribution in [0, 0.1) is 13.8 Å². The number of carbonyl (C=O) groups is 1. The smallest absolute Gasteiger partial charge is 0.216 e. The Morgan fingerprint density at radius 3 is 2.67 bits per heavy atom. The molecule has 2 aromatic rings. The molecule has 0 saturated carbocycles. The largest absolute Gasteiger partial charge is 0.485 e. The second-order valence-electron chi connectivity index (χ2n) is 4.41. The Hall–Kier alpha value is -2.03. The van der Waals surface area contributed by atoms with Crippen LogP contribution in [0.1, 0.15) is 21.6 Å². The predicted octanol–water partition coefficient (Wildman–Crippen LogP) is 2.90. The summed E-state index contributed by atoms with van der Waals surface area (Å²) in [5.41, 5.74) is 2.91. The third kappa shape index (κ3) is 2.45. The van der Waals surface area contributed by atoms with Crippen LogP contribution in [0.15, 0.2) is 36.5 Å². The van der Waals surface area contributed by atoms with Gasteiger partial charge in [0.05, 0.1) is 5.69 Å². The molecule has 0 atom stereocenters. The Morgan fingerprint density at radius 2 is 2.00 bits per heavy atom. The maximum absolute atomic E-state index is 12.0. The third-order valence-corrected chi connectivity index (χ3v) is 3.14. The highest BCUT2D eigenvalue weighted by atomic mass is 16.5. The van der Waals surface area contributed by atoms with Gasteiger partial charge in [-0.1, -0.05) is 12.1 Å². The molecule has 0 N–H and O–H groups in total. The fourth-order valence-electron chi connectivity index (χ4n) is 1.85. The van der Waals surface area contributed by atoms with Crippen LogP contribution < -0.4 is 4.74 Å². The van der Waals surface area contributed by atoms with Gasteiger partial charge in [-0.25, -0.2) is 0 Å². The highest BCUT2D eigenvalue weighted by Gasteiger charge is 2.10. The van der Waals surface area contributed by atoms with E-state index in [-0.39, 0.29) is 12.4 Å². The number of ketones is 1. The normalized spacial score (nSPS) is 10.4. The molecule has 1 heterocycles. The molecule has 0 bridgehead atoms. The maximum Gasteiger partial charge on any atom is 0.216 e.